The third-order valence-electron chi connectivity index (χ3n) is 4.55. The molecule has 4 aromatic rings. The molecule has 4 N–H and O–H groups in total. The quantitative estimate of drug-likeness (QED) is 0.455. The van der Waals surface area contributed by atoms with Crippen LogP contribution in [0, 0.1) is 6.92 Å². The van der Waals surface area contributed by atoms with Crippen LogP contribution in [0.3, 0.4) is 0 Å². The lowest BCUT2D eigenvalue weighted by Crippen LogP contribution is -2.25. The van der Waals surface area contributed by atoms with Crippen LogP contribution in [-0.2, 0) is 6.42 Å². The smallest absolute Gasteiger partial charge is 0.206 e. The molecule has 7 heteroatoms. The molecule has 0 radical (unpaired) electrons. The maximum atomic E-state index is 6.24. The van der Waals surface area contributed by atoms with Crippen molar-refractivity contribution in [2.75, 3.05) is 11.9 Å². The number of nitrogens with zero attached hydrogens (tertiary/aromatic N) is 3. The maximum Gasteiger partial charge on any atom is 0.206 e. The fourth-order valence-electron chi connectivity index (χ4n) is 3.07. The third kappa shape index (κ3) is 4.15. The Kier molecular flexibility index (Phi) is 5.13. The molecule has 0 saturated heterocycles. The van der Waals surface area contributed by atoms with Crippen molar-refractivity contribution in [2.24, 2.45) is 5.73 Å². The van der Waals surface area contributed by atoms with E-state index in [1.54, 1.807) is 11.3 Å². The molecule has 6 nitrogen and oxygen atoms in total. The highest BCUT2D eigenvalue weighted by Crippen LogP contribution is 2.29. The zero-order valence-corrected chi connectivity index (χ0v) is 16.0. The third-order valence-corrected chi connectivity index (χ3v) is 5.48. The summed E-state index contributed by atoms with van der Waals surface area (Å²) in [5.41, 5.74) is 10.6. The molecule has 2 heterocycles. The number of aromatic amines is 1. The molecule has 2 aromatic heterocycles. The fraction of sp³-hybridized carbons (Fsp3) is 0.250. The number of nitrogens with one attached hydrogen (secondary N) is 2. The van der Waals surface area contributed by atoms with Crippen LogP contribution in [0.5, 0.6) is 0 Å². The zero-order chi connectivity index (χ0) is 18.6. The van der Waals surface area contributed by atoms with Gasteiger partial charge in [0.25, 0.3) is 0 Å². The lowest BCUT2D eigenvalue weighted by molar-refractivity contribution is 0.629. The number of aromatic nitrogens is 4. The summed E-state index contributed by atoms with van der Waals surface area (Å²) >= 11 is 1.55. The number of hydrogen-bond donors (Lipinski definition) is 3. The van der Waals surface area contributed by atoms with E-state index >= 15 is 0 Å². The summed E-state index contributed by atoms with van der Waals surface area (Å²) in [6.07, 6.45) is 1.76. The molecule has 1 atom stereocenters. The molecule has 0 spiro atoms. The molecule has 0 amide bonds. The van der Waals surface area contributed by atoms with Gasteiger partial charge in [0.05, 0.1) is 5.52 Å². The Morgan fingerprint density at radius 1 is 1.15 bits per heavy atom. The monoisotopic (exact) mass is 378 g/mol. The standard InChI is InChI=1S/C20H22N6S/c1-13-17-12-15(7-8-18(17)24-23-13)19-25-26-20(27-19)22-10-9-16(21)11-14-5-3-2-4-6-14/h2-8,12,16H,9-11,21H2,1H3,(H,22,26)(H,23,24)/t16-/m1/s1. The maximum absolute atomic E-state index is 6.24. The molecule has 138 valence electrons. The number of rotatable bonds is 7. The Hall–Kier alpha value is -2.77. The van der Waals surface area contributed by atoms with Crippen LogP contribution >= 0.6 is 11.3 Å². The number of aryl methyl sites for hydroxylation is 1. The van der Waals surface area contributed by atoms with E-state index in [-0.39, 0.29) is 6.04 Å². The minimum atomic E-state index is 0.124. The van der Waals surface area contributed by atoms with E-state index in [1.165, 1.54) is 5.56 Å². The fourth-order valence-corrected chi connectivity index (χ4v) is 3.83. The van der Waals surface area contributed by atoms with Crippen molar-refractivity contribution in [1.82, 2.24) is 20.4 Å². The van der Waals surface area contributed by atoms with Crippen LogP contribution in [0.2, 0.25) is 0 Å². The normalized spacial score (nSPS) is 12.4. The highest BCUT2D eigenvalue weighted by atomic mass is 32.1. The summed E-state index contributed by atoms with van der Waals surface area (Å²) in [5.74, 6) is 0. The second-order valence-electron chi connectivity index (χ2n) is 6.66. The lowest BCUT2D eigenvalue weighted by atomic mass is 10.0. The first-order valence-corrected chi connectivity index (χ1v) is 9.82. The van der Waals surface area contributed by atoms with E-state index in [4.69, 9.17) is 5.73 Å². The van der Waals surface area contributed by atoms with Crippen LogP contribution < -0.4 is 11.1 Å². The summed E-state index contributed by atoms with van der Waals surface area (Å²) < 4.78 is 0. The summed E-state index contributed by atoms with van der Waals surface area (Å²) in [7, 11) is 0. The SMILES string of the molecule is Cc1[nH]nc2ccc(-c3nnc(NCC[C@@H](N)Cc4ccccc4)s3)cc12. The Morgan fingerprint density at radius 3 is 2.85 bits per heavy atom. The first-order valence-electron chi connectivity index (χ1n) is 9.01. The van der Waals surface area contributed by atoms with Crippen LogP contribution in [0.1, 0.15) is 17.7 Å². The van der Waals surface area contributed by atoms with Gasteiger partial charge < -0.3 is 11.1 Å². The molecular weight excluding hydrogens is 356 g/mol. The predicted octanol–water partition coefficient (Wildman–Crippen LogP) is 3.76. The van der Waals surface area contributed by atoms with Crippen molar-refractivity contribution >= 4 is 27.4 Å². The number of H-pyrrole nitrogens is 1. The van der Waals surface area contributed by atoms with Gasteiger partial charge >= 0.3 is 0 Å². The van der Waals surface area contributed by atoms with Gasteiger partial charge in [0.15, 0.2) is 0 Å². The molecular formula is C20H22N6S. The van der Waals surface area contributed by atoms with Crippen molar-refractivity contribution < 1.29 is 0 Å². The molecule has 2 aromatic carbocycles. The molecule has 0 bridgehead atoms. The summed E-state index contributed by atoms with van der Waals surface area (Å²) in [5, 5.41) is 22.0. The van der Waals surface area contributed by atoms with Gasteiger partial charge in [0.2, 0.25) is 5.13 Å². The van der Waals surface area contributed by atoms with E-state index < -0.39 is 0 Å². The van der Waals surface area contributed by atoms with Crippen LogP contribution in [0.4, 0.5) is 5.13 Å². The van der Waals surface area contributed by atoms with Gasteiger partial charge in [-0.25, -0.2) is 0 Å². The summed E-state index contributed by atoms with van der Waals surface area (Å²) in [4.78, 5) is 0. The van der Waals surface area contributed by atoms with E-state index in [1.807, 2.05) is 37.3 Å². The molecule has 0 unspecified atom stereocenters. The largest absolute Gasteiger partial charge is 0.360 e. The number of fused-ring (bicyclic) bond motifs is 1. The van der Waals surface area contributed by atoms with Crippen molar-refractivity contribution in [2.45, 2.75) is 25.8 Å². The molecule has 0 aliphatic carbocycles. The summed E-state index contributed by atoms with van der Waals surface area (Å²) in [6.45, 7) is 2.80. The van der Waals surface area contributed by atoms with E-state index in [9.17, 15) is 0 Å². The molecule has 0 saturated carbocycles. The van der Waals surface area contributed by atoms with Crippen LogP contribution in [0.25, 0.3) is 21.5 Å². The molecule has 0 aliphatic rings. The van der Waals surface area contributed by atoms with Crippen molar-refractivity contribution in [3.8, 4) is 10.6 Å². The minimum Gasteiger partial charge on any atom is -0.360 e. The van der Waals surface area contributed by atoms with Crippen molar-refractivity contribution in [3.63, 3.8) is 0 Å². The first kappa shape index (κ1) is 17.6. The summed E-state index contributed by atoms with van der Waals surface area (Å²) in [6, 6.07) is 16.6. The first-order chi connectivity index (χ1) is 13.2. The number of hydrogen-bond acceptors (Lipinski definition) is 6. The van der Waals surface area contributed by atoms with Gasteiger partial charge in [-0.3, -0.25) is 5.10 Å². The minimum absolute atomic E-state index is 0.124. The van der Waals surface area contributed by atoms with Crippen molar-refractivity contribution in [1.29, 1.82) is 0 Å². The number of nitrogens with two attached hydrogens (primary N) is 1. The Labute approximate surface area is 161 Å². The second-order valence-corrected chi connectivity index (χ2v) is 7.64. The van der Waals surface area contributed by atoms with Gasteiger partial charge in [-0.1, -0.05) is 41.7 Å². The Bertz CT molecular complexity index is 1020. The van der Waals surface area contributed by atoms with Gasteiger partial charge in [-0.15, -0.1) is 10.2 Å². The molecule has 0 aliphatic heterocycles. The van der Waals surface area contributed by atoms with Gasteiger partial charge in [0, 0.05) is 29.2 Å². The second kappa shape index (κ2) is 7.85. The molecule has 4 rings (SSSR count). The predicted molar refractivity (Wildman–Crippen MR) is 111 cm³/mol. The van der Waals surface area contributed by atoms with Crippen LogP contribution in [-0.4, -0.2) is 33.0 Å². The number of anilines is 1. The van der Waals surface area contributed by atoms with E-state index in [0.29, 0.717) is 0 Å². The zero-order valence-electron chi connectivity index (χ0n) is 15.1. The van der Waals surface area contributed by atoms with Gasteiger partial charge in [-0.05, 0) is 43.5 Å². The van der Waals surface area contributed by atoms with Crippen LogP contribution in [0.15, 0.2) is 48.5 Å². The Morgan fingerprint density at radius 2 is 2.00 bits per heavy atom. The van der Waals surface area contributed by atoms with Gasteiger partial charge in [-0.2, -0.15) is 5.10 Å². The van der Waals surface area contributed by atoms with E-state index in [2.05, 4.69) is 43.9 Å². The number of benzene rings is 2. The van der Waals surface area contributed by atoms with Crippen molar-refractivity contribution in [3.05, 3.63) is 59.8 Å². The molecule has 0 fully saturated rings. The molecule has 27 heavy (non-hydrogen) atoms. The lowest BCUT2D eigenvalue weighted by Gasteiger charge is -2.11. The highest BCUT2D eigenvalue weighted by Gasteiger charge is 2.10. The average Bonchev–Trinajstić information content (AvgIpc) is 3.29. The average molecular weight is 379 g/mol. The van der Waals surface area contributed by atoms with Gasteiger partial charge in [0.1, 0.15) is 5.01 Å². The Balaban J connectivity index is 1.34. The highest BCUT2D eigenvalue weighted by molar-refractivity contribution is 7.18. The van der Waals surface area contributed by atoms with E-state index in [0.717, 1.165) is 51.7 Å². The topological polar surface area (TPSA) is 92.5 Å².